The molecule has 4 nitrogen and oxygen atoms in total. The third-order valence-electron chi connectivity index (χ3n) is 4.47. The van der Waals surface area contributed by atoms with Gasteiger partial charge in [-0.3, -0.25) is 4.79 Å². The average Bonchev–Trinajstić information content (AvgIpc) is 3.14. The minimum Gasteiger partial charge on any atom is -0.391 e. The molecule has 1 aliphatic rings. The van der Waals surface area contributed by atoms with Gasteiger partial charge in [0.2, 0.25) is 0 Å². The van der Waals surface area contributed by atoms with Crippen LogP contribution in [0.4, 0.5) is 0 Å². The van der Waals surface area contributed by atoms with Crippen molar-refractivity contribution in [1.29, 1.82) is 0 Å². The molecule has 1 amide bonds. The Morgan fingerprint density at radius 1 is 1.35 bits per heavy atom. The molecule has 1 aromatic heterocycles. The van der Waals surface area contributed by atoms with Gasteiger partial charge in [0, 0.05) is 18.5 Å². The zero-order valence-corrected chi connectivity index (χ0v) is 14.6. The first-order chi connectivity index (χ1) is 10.9. The summed E-state index contributed by atoms with van der Waals surface area (Å²) in [6, 6.07) is 10.2. The smallest absolute Gasteiger partial charge is 0.265 e. The second-order valence-electron chi connectivity index (χ2n) is 6.62. The topological polar surface area (TPSA) is 53.4 Å². The molecule has 1 N–H and O–H groups in total. The molecular formula is C18H22N2O2S. The molecular weight excluding hydrogens is 308 g/mol. The van der Waals surface area contributed by atoms with E-state index in [9.17, 15) is 9.90 Å². The molecule has 23 heavy (non-hydrogen) atoms. The lowest BCUT2D eigenvalue weighted by molar-refractivity contribution is 0.0769. The summed E-state index contributed by atoms with van der Waals surface area (Å²) >= 11 is 1.47. The first kappa shape index (κ1) is 16.1. The lowest BCUT2D eigenvalue weighted by Gasteiger charge is -2.22. The third kappa shape index (κ3) is 3.03. The Balaban J connectivity index is 1.90. The molecule has 1 atom stereocenters. The molecule has 0 bridgehead atoms. The summed E-state index contributed by atoms with van der Waals surface area (Å²) in [4.78, 5) is 19.8. The first-order valence-electron chi connectivity index (χ1n) is 7.90. The van der Waals surface area contributed by atoms with Crippen molar-refractivity contribution in [3.05, 3.63) is 51.5 Å². The van der Waals surface area contributed by atoms with Crippen LogP contribution >= 0.6 is 11.3 Å². The number of aryl methyl sites for hydroxylation is 1. The van der Waals surface area contributed by atoms with Crippen LogP contribution in [0.5, 0.6) is 0 Å². The largest absolute Gasteiger partial charge is 0.391 e. The summed E-state index contributed by atoms with van der Waals surface area (Å²) in [5.41, 5.74) is 1.73. The van der Waals surface area contributed by atoms with E-state index in [1.807, 2.05) is 25.1 Å². The molecule has 0 aliphatic carbocycles. The molecule has 1 saturated heterocycles. The van der Waals surface area contributed by atoms with Crippen LogP contribution in [0.25, 0.3) is 0 Å². The number of hydrogen-bond acceptors (Lipinski definition) is 4. The van der Waals surface area contributed by atoms with Gasteiger partial charge in [0.1, 0.15) is 9.88 Å². The van der Waals surface area contributed by atoms with Crippen LogP contribution in [-0.4, -0.2) is 40.1 Å². The molecule has 0 saturated carbocycles. The van der Waals surface area contributed by atoms with E-state index < -0.39 is 6.10 Å². The van der Waals surface area contributed by atoms with Gasteiger partial charge >= 0.3 is 0 Å². The number of hydrogen-bond donors (Lipinski definition) is 1. The molecule has 0 spiro atoms. The van der Waals surface area contributed by atoms with E-state index in [0.29, 0.717) is 24.4 Å². The zero-order chi connectivity index (χ0) is 16.6. The predicted octanol–water partition coefficient (Wildman–Crippen LogP) is 2.98. The maximum atomic E-state index is 12.7. The molecule has 2 aromatic rings. The van der Waals surface area contributed by atoms with Crippen molar-refractivity contribution in [2.45, 2.75) is 38.7 Å². The molecule has 5 heteroatoms. The SMILES string of the molecule is Cc1nc(C(C)(C)c2ccccc2)sc1C(=O)N1CC[C@@H](O)C1. The second kappa shape index (κ2) is 6.06. The Labute approximate surface area is 140 Å². The van der Waals surface area contributed by atoms with Crippen LogP contribution in [0.2, 0.25) is 0 Å². The molecule has 3 rings (SSSR count). The van der Waals surface area contributed by atoms with E-state index >= 15 is 0 Å². The van der Waals surface area contributed by atoms with Crippen molar-refractivity contribution < 1.29 is 9.90 Å². The number of carbonyl (C=O) groups is 1. The molecule has 0 unspecified atom stereocenters. The number of carbonyl (C=O) groups excluding carboxylic acids is 1. The van der Waals surface area contributed by atoms with E-state index in [4.69, 9.17) is 0 Å². The Morgan fingerprint density at radius 3 is 2.65 bits per heavy atom. The summed E-state index contributed by atoms with van der Waals surface area (Å²) in [5, 5.41) is 10.6. The highest BCUT2D eigenvalue weighted by molar-refractivity contribution is 7.14. The first-order valence-corrected chi connectivity index (χ1v) is 8.72. The van der Waals surface area contributed by atoms with Crippen LogP contribution < -0.4 is 0 Å². The van der Waals surface area contributed by atoms with Gasteiger partial charge in [-0.05, 0) is 32.8 Å². The zero-order valence-electron chi connectivity index (χ0n) is 13.7. The van der Waals surface area contributed by atoms with E-state index in [-0.39, 0.29) is 11.3 Å². The van der Waals surface area contributed by atoms with Gasteiger partial charge in [-0.2, -0.15) is 0 Å². The minimum absolute atomic E-state index is 0.00772. The highest BCUT2D eigenvalue weighted by Gasteiger charge is 2.32. The molecule has 0 radical (unpaired) electrons. The molecule has 1 aliphatic heterocycles. The van der Waals surface area contributed by atoms with Gasteiger partial charge in [0.15, 0.2) is 0 Å². The fourth-order valence-corrected chi connectivity index (χ4v) is 4.07. The number of aliphatic hydroxyl groups excluding tert-OH is 1. The molecule has 122 valence electrons. The number of aliphatic hydroxyl groups is 1. The van der Waals surface area contributed by atoms with Gasteiger partial charge in [-0.25, -0.2) is 4.98 Å². The van der Waals surface area contributed by atoms with Crippen molar-refractivity contribution in [3.63, 3.8) is 0 Å². The summed E-state index contributed by atoms with van der Waals surface area (Å²) in [7, 11) is 0. The predicted molar refractivity (Wildman–Crippen MR) is 91.9 cm³/mol. The number of rotatable bonds is 3. The standard InChI is InChI=1S/C18H22N2O2S/c1-12-15(16(22)20-10-9-14(21)11-20)23-17(19-12)18(2,3)13-7-5-4-6-8-13/h4-8,14,21H,9-11H2,1-3H3/t14-/m1/s1. The van der Waals surface area contributed by atoms with Crippen molar-refractivity contribution in [3.8, 4) is 0 Å². The van der Waals surface area contributed by atoms with E-state index in [0.717, 1.165) is 10.7 Å². The maximum absolute atomic E-state index is 12.7. The quantitative estimate of drug-likeness (QED) is 0.941. The van der Waals surface area contributed by atoms with Gasteiger partial charge in [0.25, 0.3) is 5.91 Å². The number of amides is 1. The van der Waals surface area contributed by atoms with Crippen molar-refractivity contribution in [1.82, 2.24) is 9.88 Å². The van der Waals surface area contributed by atoms with Gasteiger partial charge < -0.3 is 10.0 Å². The summed E-state index contributed by atoms with van der Waals surface area (Å²) in [6.07, 6.45) is 0.263. The Morgan fingerprint density at radius 2 is 2.04 bits per heavy atom. The summed E-state index contributed by atoms with van der Waals surface area (Å²) in [5.74, 6) is -0.00772. The number of benzene rings is 1. The van der Waals surface area contributed by atoms with Crippen molar-refractivity contribution in [2.75, 3.05) is 13.1 Å². The monoisotopic (exact) mass is 330 g/mol. The molecule has 1 aromatic carbocycles. The van der Waals surface area contributed by atoms with Gasteiger partial charge in [-0.15, -0.1) is 11.3 Å². The van der Waals surface area contributed by atoms with Crippen LogP contribution in [0.15, 0.2) is 30.3 Å². The number of thiazole rings is 1. The fourth-order valence-electron chi connectivity index (χ4n) is 2.91. The van der Waals surface area contributed by atoms with Crippen LogP contribution in [0, 0.1) is 6.92 Å². The van der Waals surface area contributed by atoms with Gasteiger partial charge in [0.05, 0.1) is 11.8 Å². The summed E-state index contributed by atoms with van der Waals surface area (Å²) < 4.78 is 0. The molecule has 2 heterocycles. The number of nitrogens with zero attached hydrogens (tertiary/aromatic N) is 2. The van der Waals surface area contributed by atoms with E-state index in [1.165, 1.54) is 16.9 Å². The average molecular weight is 330 g/mol. The highest BCUT2D eigenvalue weighted by atomic mass is 32.1. The van der Waals surface area contributed by atoms with E-state index in [1.54, 1.807) is 4.90 Å². The summed E-state index contributed by atoms with van der Waals surface area (Å²) in [6.45, 7) is 7.20. The van der Waals surface area contributed by atoms with Crippen LogP contribution in [-0.2, 0) is 5.41 Å². The van der Waals surface area contributed by atoms with Crippen molar-refractivity contribution in [2.24, 2.45) is 0 Å². The second-order valence-corrected chi connectivity index (χ2v) is 7.62. The number of aromatic nitrogens is 1. The Bertz CT molecular complexity index is 709. The van der Waals surface area contributed by atoms with E-state index in [2.05, 4.69) is 31.0 Å². The Hall–Kier alpha value is -1.72. The van der Waals surface area contributed by atoms with Gasteiger partial charge in [-0.1, -0.05) is 30.3 Å². The van der Waals surface area contributed by atoms with Crippen molar-refractivity contribution >= 4 is 17.2 Å². The molecule has 1 fully saturated rings. The number of likely N-dealkylation sites (tertiary alicyclic amines) is 1. The lowest BCUT2D eigenvalue weighted by atomic mass is 9.85. The van der Waals surface area contributed by atoms with Crippen LogP contribution in [0.3, 0.4) is 0 Å². The number of β-amino-alcohol motifs (C(OH)–C–C–N with tert-alkyl or cyclic N) is 1. The fraction of sp³-hybridized carbons (Fsp3) is 0.444. The highest BCUT2D eigenvalue weighted by Crippen LogP contribution is 2.36. The minimum atomic E-state index is -0.396. The maximum Gasteiger partial charge on any atom is 0.265 e. The normalized spacial score (nSPS) is 18.4. The third-order valence-corrected chi connectivity index (χ3v) is 5.94. The Kier molecular flexibility index (Phi) is 4.25. The van der Waals surface area contributed by atoms with Crippen LogP contribution in [0.1, 0.15) is 46.2 Å². The lowest BCUT2D eigenvalue weighted by Crippen LogP contribution is -2.29.